The first-order valence-electron chi connectivity index (χ1n) is 12.0. The minimum atomic E-state index is -0.273. The zero-order chi connectivity index (χ0) is 24.9. The predicted octanol–water partition coefficient (Wildman–Crippen LogP) is 5.47. The number of aryl methyl sites for hydroxylation is 1. The van der Waals surface area contributed by atoms with Crippen LogP contribution in [0.3, 0.4) is 0 Å². The third-order valence-corrected chi connectivity index (χ3v) is 7.12. The summed E-state index contributed by atoms with van der Waals surface area (Å²) in [5, 5.41) is 0. The molecule has 0 saturated carbocycles. The second-order valence-electron chi connectivity index (χ2n) is 9.24. The molecule has 1 amide bonds. The van der Waals surface area contributed by atoms with Crippen LogP contribution in [0.4, 0.5) is 8.78 Å². The van der Waals surface area contributed by atoms with Crippen molar-refractivity contribution < 1.29 is 22.7 Å². The van der Waals surface area contributed by atoms with E-state index in [1.54, 1.807) is 49.2 Å². The Morgan fingerprint density at radius 2 is 1.86 bits per heavy atom. The van der Waals surface area contributed by atoms with E-state index in [0.29, 0.717) is 41.2 Å². The van der Waals surface area contributed by atoms with E-state index in [4.69, 9.17) is 9.15 Å². The van der Waals surface area contributed by atoms with Crippen LogP contribution in [0.25, 0.3) is 0 Å². The number of likely N-dealkylation sites (N-methyl/N-ethyl adjacent to an activating group) is 1. The third kappa shape index (κ3) is 5.73. The Labute approximate surface area is 205 Å². The fourth-order valence-electron chi connectivity index (χ4n) is 4.98. The second kappa shape index (κ2) is 11.0. The van der Waals surface area contributed by atoms with E-state index in [1.165, 1.54) is 25.5 Å². The van der Waals surface area contributed by atoms with Gasteiger partial charge in [0.25, 0.3) is 5.91 Å². The average molecular weight is 483 g/mol. The summed E-state index contributed by atoms with van der Waals surface area (Å²) in [5.41, 5.74) is 1.76. The Morgan fingerprint density at radius 3 is 2.49 bits per heavy atom. The van der Waals surface area contributed by atoms with Gasteiger partial charge in [-0.15, -0.1) is 0 Å². The van der Waals surface area contributed by atoms with Crippen LogP contribution in [0, 0.1) is 24.5 Å². The lowest BCUT2D eigenvalue weighted by Gasteiger charge is -2.40. The molecule has 1 fully saturated rings. The van der Waals surface area contributed by atoms with Gasteiger partial charge in [0, 0.05) is 31.3 Å². The highest BCUT2D eigenvalue weighted by molar-refractivity contribution is 5.95. The average Bonchev–Trinajstić information content (AvgIpc) is 3.30. The van der Waals surface area contributed by atoms with Gasteiger partial charge in [-0.2, -0.15) is 0 Å². The van der Waals surface area contributed by atoms with Gasteiger partial charge >= 0.3 is 0 Å². The third-order valence-electron chi connectivity index (χ3n) is 7.12. The van der Waals surface area contributed by atoms with Gasteiger partial charge in [0.1, 0.15) is 23.1 Å². The van der Waals surface area contributed by atoms with E-state index in [9.17, 15) is 13.6 Å². The molecule has 7 heteroatoms. The number of hydrogen-bond acceptors (Lipinski definition) is 4. The van der Waals surface area contributed by atoms with E-state index in [2.05, 4.69) is 4.90 Å². The number of piperidine rings is 1. The molecule has 0 spiro atoms. The molecule has 1 unspecified atom stereocenters. The number of nitrogens with zero attached hydrogens (tertiary/aromatic N) is 2. The largest absolute Gasteiger partial charge is 0.497 e. The summed E-state index contributed by atoms with van der Waals surface area (Å²) in [6, 6.07) is 13.2. The van der Waals surface area contributed by atoms with E-state index in [1.807, 2.05) is 6.07 Å². The molecule has 1 atom stereocenters. The van der Waals surface area contributed by atoms with Gasteiger partial charge in [0.15, 0.2) is 0 Å². The normalized spacial score (nSPS) is 15.7. The molecule has 3 aromatic rings. The molecule has 2 heterocycles. The maximum atomic E-state index is 14.5. The summed E-state index contributed by atoms with van der Waals surface area (Å²) in [6.45, 7) is 3.83. The van der Waals surface area contributed by atoms with Crippen molar-refractivity contribution in [2.75, 3.05) is 27.2 Å². The van der Waals surface area contributed by atoms with Gasteiger partial charge < -0.3 is 14.1 Å². The monoisotopic (exact) mass is 482 g/mol. The lowest BCUT2D eigenvalue weighted by molar-refractivity contribution is 0.0580. The number of halogens is 2. The number of carbonyl (C=O) groups is 1. The van der Waals surface area contributed by atoms with Crippen molar-refractivity contribution in [2.24, 2.45) is 5.92 Å². The Morgan fingerprint density at radius 1 is 1.11 bits per heavy atom. The highest BCUT2D eigenvalue weighted by Gasteiger charge is 2.33. The Balaban J connectivity index is 1.48. The van der Waals surface area contributed by atoms with Crippen molar-refractivity contribution in [3.8, 4) is 5.75 Å². The standard InChI is InChI=1S/C28H32F2N2O3/c1-19-24(12-15-35-19)28(33)31(2)27(16-21-6-4-5-7-25(21)29)20-10-13-32(14-11-20)18-22-8-9-23(34-3)17-26(22)30/h4-9,12,15,17,20,27H,10-11,13-14,16,18H2,1-3H3. The number of ether oxygens (including phenoxy) is 1. The lowest BCUT2D eigenvalue weighted by Crippen LogP contribution is -2.47. The van der Waals surface area contributed by atoms with E-state index in [0.717, 1.165) is 25.9 Å². The first kappa shape index (κ1) is 24.9. The topological polar surface area (TPSA) is 45.9 Å². The molecule has 1 aromatic heterocycles. The van der Waals surface area contributed by atoms with Crippen LogP contribution in [0.15, 0.2) is 59.2 Å². The van der Waals surface area contributed by atoms with Gasteiger partial charge in [-0.3, -0.25) is 9.69 Å². The van der Waals surface area contributed by atoms with Gasteiger partial charge in [0.05, 0.1) is 18.9 Å². The van der Waals surface area contributed by atoms with Crippen molar-refractivity contribution >= 4 is 5.91 Å². The maximum Gasteiger partial charge on any atom is 0.257 e. The van der Waals surface area contributed by atoms with Crippen LogP contribution >= 0.6 is 0 Å². The molecular weight excluding hydrogens is 450 g/mol. The summed E-state index contributed by atoms with van der Waals surface area (Å²) in [4.78, 5) is 17.3. The molecule has 186 valence electrons. The number of methoxy groups -OCH3 is 1. The molecule has 0 radical (unpaired) electrons. The van der Waals surface area contributed by atoms with Crippen LogP contribution < -0.4 is 4.74 Å². The summed E-state index contributed by atoms with van der Waals surface area (Å²) < 4.78 is 39.4. The highest BCUT2D eigenvalue weighted by Crippen LogP contribution is 2.29. The lowest BCUT2D eigenvalue weighted by atomic mass is 9.84. The molecule has 0 N–H and O–H groups in total. The summed E-state index contributed by atoms with van der Waals surface area (Å²) in [7, 11) is 3.31. The molecule has 2 aromatic carbocycles. The zero-order valence-corrected chi connectivity index (χ0v) is 20.5. The smallest absolute Gasteiger partial charge is 0.257 e. The fourth-order valence-corrected chi connectivity index (χ4v) is 4.98. The molecule has 0 aliphatic carbocycles. The minimum Gasteiger partial charge on any atom is -0.497 e. The van der Waals surface area contributed by atoms with E-state index < -0.39 is 0 Å². The van der Waals surface area contributed by atoms with Crippen molar-refractivity contribution in [2.45, 2.75) is 38.8 Å². The molecule has 1 aliphatic heterocycles. The first-order chi connectivity index (χ1) is 16.9. The number of benzene rings is 2. The van der Waals surface area contributed by atoms with Crippen LogP contribution in [0.5, 0.6) is 5.75 Å². The number of rotatable bonds is 8. The molecule has 1 saturated heterocycles. The predicted molar refractivity (Wildman–Crippen MR) is 130 cm³/mol. The second-order valence-corrected chi connectivity index (χ2v) is 9.24. The van der Waals surface area contributed by atoms with Crippen LogP contribution in [-0.2, 0) is 13.0 Å². The number of likely N-dealkylation sites (tertiary alicyclic amines) is 1. The summed E-state index contributed by atoms with van der Waals surface area (Å²) in [6.07, 6.45) is 3.61. The molecule has 5 nitrogen and oxygen atoms in total. The maximum absolute atomic E-state index is 14.5. The molecule has 35 heavy (non-hydrogen) atoms. The molecular formula is C28H32F2N2O3. The molecule has 0 bridgehead atoms. The number of carbonyl (C=O) groups excluding carboxylic acids is 1. The Hall–Kier alpha value is -3.19. The van der Waals surface area contributed by atoms with Gasteiger partial charge in [-0.1, -0.05) is 24.3 Å². The Bertz CT molecular complexity index is 1150. The van der Waals surface area contributed by atoms with Crippen molar-refractivity contribution in [1.82, 2.24) is 9.80 Å². The van der Waals surface area contributed by atoms with Crippen LogP contribution in [-0.4, -0.2) is 49.0 Å². The van der Waals surface area contributed by atoms with Crippen LogP contribution in [0.2, 0.25) is 0 Å². The quantitative estimate of drug-likeness (QED) is 0.427. The Kier molecular flexibility index (Phi) is 7.86. The van der Waals surface area contributed by atoms with Crippen molar-refractivity contribution in [1.29, 1.82) is 0 Å². The summed E-state index contributed by atoms with van der Waals surface area (Å²) >= 11 is 0. The highest BCUT2D eigenvalue weighted by atomic mass is 19.1. The van der Waals surface area contributed by atoms with E-state index in [-0.39, 0.29) is 29.5 Å². The zero-order valence-electron chi connectivity index (χ0n) is 20.5. The van der Waals surface area contributed by atoms with Gasteiger partial charge in [-0.25, -0.2) is 8.78 Å². The van der Waals surface area contributed by atoms with Gasteiger partial charge in [-0.05, 0) is 69.0 Å². The van der Waals surface area contributed by atoms with Gasteiger partial charge in [0.2, 0.25) is 0 Å². The first-order valence-corrected chi connectivity index (χ1v) is 12.0. The number of amides is 1. The minimum absolute atomic E-state index is 0.125. The van der Waals surface area contributed by atoms with Crippen LogP contribution in [0.1, 0.15) is 40.1 Å². The fraction of sp³-hybridized carbons (Fsp3) is 0.393. The molecule has 4 rings (SSSR count). The van der Waals surface area contributed by atoms with Crippen molar-refractivity contribution in [3.05, 3.63) is 88.9 Å². The van der Waals surface area contributed by atoms with E-state index >= 15 is 0 Å². The number of furan rings is 1. The summed E-state index contributed by atoms with van der Waals surface area (Å²) in [5.74, 6) is 0.604. The number of hydrogen-bond donors (Lipinski definition) is 0. The molecule has 1 aliphatic rings. The SMILES string of the molecule is COc1ccc(CN2CCC(C(Cc3ccccc3F)N(C)C(=O)c3ccoc3C)CC2)c(F)c1. The van der Waals surface area contributed by atoms with Crippen molar-refractivity contribution in [3.63, 3.8) is 0 Å².